The van der Waals surface area contributed by atoms with E-state index in [1.54, 1.807) is 66.7 Å². The molecular weight excluding hydrogens is 680 g/mol. The molecule has 0 unspecified atom stereocenters. The molecule has 4 aromatic carbocycles. The van der Waals surface area contributed by atoms with Gasteiger partial charge in [-0.2, -0.15) is 0 Å². The van der Waals surface area contributed by atoms with Crippen LogP contribution in [0.2, 0.25) is 10.0 Å². The summed E-state index contributed by atoms with van der Waals surface area (Å²) in [5, 5.41) is 8.93. The van der Waals surface area contributed by atoms with Crippen LogP contribution < -0.4 is 16.0 Å². The van der Waals surface area contributed by atoms with Crippen molar-refractivity contribution >= 4 is 92.7 Å². The van der Waals surface area contributed by atoms with E-state index < -0.39 is 11.8 Å². The molecule has 0 fully saturated rings. The van der Waals surface area contributed by atoms with Gasteiger partial charge in [0.2, 0.25) is 5.91 Å². The maximum absolute atomic E-state index is 13.3. The van der Waals surface area contributed by atoms with Gasteiger partial charge >= 0.3 is 0 Å². The van der Waals surface area contributed by atoms with E-state index in [0.717, 1.165) is 14.2 Å². The Morgan fingerprint density at radius 2 is 1.52 bits per heavy atom. The Morgan fingerprint density at radius 1 is 0.800 bits per heavy atom. The first-order valence-electron chi connectivity index (χ1n) is 11.9. The summed E-state index contributed by atoms with van der Waals surface area (Å²) in [5.41, 5.74) is 2.05. The quantitative estimate of drug-likeness (QED) is 0.0947. The Labute approximate surface area is 259 Å². The smallest absolute Gasteiger partial charge is 0.272 e. The molecular formula is C30H22Cl2IN3O3S. The monoisotopic (exact) mass is 701 g/mol. The molecule has 0 aliphatic rings. The zero-order valence-corrected chi connectivity index (χ0v) is 25.3. The first-order chi connectivity index (χ1) is 19.3. The Morgan fingerprint density at radius 3 is 2.27 bits per heavy atom. The molecule has 0 aliphatic carbocycles. The Bertz CT molecular complexity index is 1560. The maximum atomic E-state index is 13.3. The second-order valence-corrected chi connectivity index (χ2v) is 11.4. The highest BCUT2D eigenvalue weighted by Gasteiger charge is 2.16. The number of anilines is 2. The molecule has 0 saturated carbocycles. The van der Waals surface area contributed by atoms with Crippen LogP contribution in [0.4, 0.5) is 11.4 Å². The Kier molecular flexibility index (Phi) is 10.7. The molecule has 0 aliphatic heterocycles. The first-order valence-corrected chi connectivity index (χ1v) is 14.7. The van der Waals surface area contributed by atoms with E-state index in [2.05, 4.69) is 38.5 Å². The predicted octanol–water partition coefficient (Wildman–Crippen LogP) is 7.74. The van der Waals surface area contributed by atoms with E-state index in [-0.39, 0.29) is 22.4 Å². The van der Waals surface area contributed by atoms with Gasteiger partial charge in [-0.1, -0.05) is 59.6 Å². The van der Waals surface area contributed by atoms with E-state index in [1.165, 1.54) is 17.8 Å². The van der Waals surface area contributed by atoms with Gasteiger partial charge in [-0.25, -0.2) is 0 Å². The number of carbonyl (C=O) groups is 3. The van der Waals surface area contributed by atoms with Crippen molar-refractivity contribution in [3.8, 4) is 0 Å². The number of amides is 3. The fourth-order valence-corrected chi connectivity index (χ4v) is 4.95. The number of halogens is 3. The van der Waals surface area contributed by atoms with Crippen LogP contribution in [-0.2, 0) is 9.59 Å². The van der Waals surface area contributed by atoms with Gasteiger partial charge in [-0.3, -0.25) is 14.4 Å². The van der Waals surface area contributed by atoms with Gasteiger partial charge in [0.1, 0.15) is 5.70 Å². The molecule has 3 N–H and O–H groups in total. The highest BCUT2D eigenvalue weighted by Crippen LogP contribution is 2.28. The minimum Gasteiger partial charge on any atom is -0.325 e. The minimum atomic E-state index is -0.557. The average Bonchev–Trinajstić information content (AvgIpc) is 2.96. The average molecular weight is 702 g/mol. The minimum absolute atomic E-state index is 0.0204. The zero-order valence-electron chi connectivity index (χ0n) is 20.8. The van der Waals surface area contributed by atoms with Crippen LogP contribution in [0, 0.1) is 3.57 Å². The molecule has 10 heteroatoms. The lowest BCUT2D eigenvalue weighted by atomic mass is 10.1. The van der Waals surface area contributed by atoms with Gasteiger partial charge in [0.15, 0.2) is 0 Å². The molecule has 0 spiro atoms. The number of rotatable bonds is 9. The van der Waals surface area contributed by atoms with Crippen molar-refractivity contribution in [1.29, 1.82) is 0 Å². The third kappa shape index (κ3) is 8.59. The summed E-state index contributed by atoms with van der Waals surface area (Å²) in [7, 11) is 0. The molecule has 40 heavy (non-hydrogen) atoms. The topological polar surface area (TPSA) is 87.3 Å². The molecule has 6 nitrogen and oxygen atoms in total. The molecule has 0 radical (unpaired) electrons. The van der Waals surface area contributed by atoms with Crippen LogP contribution in [0.15, 0.2) is 108 Å². The fourth-order valence-electron chi connectivity index (χ4n) is 3.47. The normalized spacial score (nSPS) is 11.0. The van der Waals surface area contributed by atoms with Crippen molar-refractivity contribution in [2.75, 3.05) is 16.4 Å². The lowest BCUT2D eigenvalue weighted by Crippen LogP contribution is -2.30. The van der Waals surface area contributed by atoms with Gasteiger partial charge in [0.25, 0.3) is 11.8 Å². The van der Waals surface area contributed by atoms with Gasteiger partial charge < -0.3 is 16.0 Å². The van der Waals surface area contributed by atoms with Gasteiger partial charge in [-0.05, 0) is 94.9 Å². The van der Waals surface area contributed by atoms with Crippen molar-refractivity contribution < 1.29 is 14.4 Å². The zero-order chi connectivity index (χ0) is 28.5. The van der Waals surface area contributed by atoms with Crippen LogP contribution >= 0.6 is 57.6 Å². The number of hydrogen-bond acceptors (Lipinski definition) is 4. The summed E-state index contributed by atoms with van der Waals surface area (Å²) >= 11 is 16.0. The summed E-state index contributed by atoms with van der Waals surface area (Å²) < 4.78 is 1.08. The summed E-state index contributed by atoms with van der Waals surface area (Å²) in [6.07, 6.45) is 1.47. The lowest BCUT2D eigenvalue weighted by molar-refractivity contribution is -0.114. The van der Waals surface area contributed by atoms with E-state index in [1.807, 2.05) is 30.3 Å². The van der Waals surface area contributed by atoms with E-state index in [4.69, 9.17) is 23.2 Å². The molecule has 0 bridgehead atoms. The molecule has 4 rings (SSSR count). The number of benzene rings is 4. The van der Waals surface area contributed by atoms with Crippen molar-refractivity contribution in [2.24, 2.45) is 0 Å². The number of hydrogen-bond donors (Lipinski definition) is 3. The third-order valence-corrected chi connectivity index (χ3v) is 7.95. The summed E-state index contributed by atoms with van der Waals surface area (Å²) in [4.78, 5) is 39.4. The molecule has 4 aromatic rings. The number of carbonyl (C=O) groups excluding carboxylic acids is 3. The Balaban J connectivity index is 1.47. The van der Waals surface area contributed by atoms with Crippen molar-refractivity contribution in [2.45, 2.75) is 4.90 Å². The highest BCUT2D eigenvalue weighted by atomic mass is 127. The summed E-state index contributed by atoms with van der Waals surface area (Å²) in [6.45, 7) is 0. The maximum Gasteiger partial charge on any atom is 0.272 e. The van der Waals surface area contributed by atoms with E-state index in [0.29, 0.717) is 21.8 Å². The van der Waals surface area contributed by atoms with Crippen molar-refractivity contribution in [3.63, 3.8) is 0 Å². The van der Waals surface area contributed by atoms with Crippen LogP contribution in [0.5, 0.6) is 0 Å². The molecule has 0 saturated heterocycles. The van der Waals surface area contributed by atoms with E-state index >= 15 is 0 Å². The fraction of sp³-hybridized carbons (Fsp3) is 0.0333. The molecule has 3 amide bonds. The lowest BCUT2D eigenvalue weighted by Gasteiger charge is -2.13. The third-order valence-electron chi connectivity index (χ3n) is 5.40. The second-order valence-electron chi connectivity index (χ2n) is 8.35. The van der Waals surface area contributed by atoms with Crippen LogP contribution in [0.3, 0.4) is 0 Å². The van der Waals surface area contributed by atoms with Crippen LogP contribution in [0.1, 0.15) is 15.9 Å². The van der Waals surface area contributed by atoms with Gasteiger partial charge in [-0.15, -0.1) is 11.8 Å². The molecule has 0 atom stereocenters. The number of nitrogens with one attached hydrogen (secondary N) is 3. The SMILES string of the molecule is O=C(CSc1cccc(NC(=O)/C(=C\c2cccc(Cl)c2Cl)NC(=O)c2ccccc2)c1)Nc1ccc(I)cc1. The van der Waals surface area contributed by atoms with Crippen molar-refractivity contribution in [3.05, 3.63) is 128 Å². The molecule has 0 aromatic heterocycles. The second kappa shape index (κ2) is 14.4. The van der Waals surface area contributed by atoms with E-state index in [9.17, 15) is 14.4 Å². The van der Waals surface area contributed by atoms with Crippen LogP contribution in [-0.4, -0.2) is 23.5 Å². The summed E-state index contributed by atoms with van der Waals surface area (Å²) in [6, 6.07) is 28.2. The van der Waals surface area contributed by atoms with Gasteiger partial charge in [0.05, 0.1) is 15.8 Å². The van der Waals surface area contributed by atoms with Crippen molar-refractivity contribution in [1.82, 2.24) is 5.32 Å². The van der Waals surface area contributed by atoms with Crippen LogP contribution in [0.25, 0.3) is 6.08 Å². The Hall–Kier alpha value is -3.31. The van der Waals surface area contributed by atoms with Gasteiger partial charge in [0, 0.05) is 25.4 Å². The predicted molar refractivity (Wildman–Crippen MR) is 172 cm³/mol. The first kappa shape index (κ1) is 29.7. The number of thioether (sulfide) groups is 1. The summed E-state index contributed by atoms with van der Waals surface area (Å²) in [5.74, 6) is -0.968. The highest BCUT2D eigenvalue weighted by molar-refractivity contribution is 14.1. The largest absolute Gasteiger partial charge is 0.325 e. The molecule has 0 heterocycles. The molecule has 202 valence electrons. The standard InChI is InChI=1S/C30H22Cl2IN3O3S/c31-25-11-4-8-20(28(25)32)16-26(36-29(38)19-6-2-1-3-7-19)30(39)35-23-9-5-10-24(17-23)40-18-27(37)34-22-14-12-21(33)13-15-22/h1-17H,18H2,(H,34,37)(H,35,39)(H,36,38)/b26-16+.